The Bertz CT molecular complexity index is 1360. The van der Waals surface area contributed by atoms with Crippen LogP contribution in [0.4, 0.5) is 0 Å². The summed E-state index contributed by atoms with van der Waals surface area (Å²) in [6.07, 6.45) is 4.09. The van der Waals surface area contributed by atoms with Gasteiger partial charge in [0.25, 0.3) is 0 Å². The molecule has 0 aliphatic heterocycles. The van der Waals surface area contributed by atoms with Gasteiger partial charge in [-0.2, -0.15) is 4.31 Å². The summed E-state index contributed by atoms with van der Waals surface area (Å²) in [6.45, 7) is 8.35. The summed E-state index contributed by atoms with van der Waals surface area (Å²) in [5, 5.41) is 3.12. The first-order valence-electron chi connectivity index (χ1n) is 12.3. The quantitative estimate of drug-likeness (QED) is 0.362. The first-order valence-corrected chi connectivity index (χ1v) is 14.1. The minimum Gasteiger partial charge on any atom is -0.355 e. The first-order chi connectivity index (χ1) is 17.5. The van der Waals surface area contributed by atoms with Crippen LogP contribution in [-0.2, 0) is 20.4 Å². The zero-order valence-corrected chi connectivity index (χ0v) is 23.4. The van der Waals surface area contributed by atoms with Crippen molar-refractivity contribution in [1.82, 2.24) is 14.6 Å². The maximum atomic E-state index is 14.1. The van der Waals surface area contributed by atoms with E-state index in [-0.39, 0.29) is 23.8 Å². The van der Waals surface area contributed by atoms with Crippen molar-refractivity contribution in [2.24, 2.45) is 5.73 Å². The Labute approximate surface area is 225 Å². The zero-order valence-electron chi connectivity index (χ0n) is 21.8. The predicted octanol–water partition coefficient (Wildman–Crippen LogP) is 4.80. The molecule has 0 bridgehead atoms. The van der Waals surface area contributed by atoms with Gasteiger partial charge in [0.2, 0.25) is 15.9 Å². The van der Waals surface area contributed by atoms with Crippen molar-refractivity contribution in [3.05, 3.63) is 82.6 Å². The van der Waals surface area contributed by atoms with Crippen LogP contribution in [0.2, 0.25) is 5.02 Å². The van der Waals surface area contributed by atoms with E-state index in [4.69, 9.17) is 17.3 Å². The Morgan fingerprint density at radius 3 is 2.57 bits per heavy atom. The molecule has 0 saturated carbocycles. The van der Waals surface area contributed by atoms with Gasteiger partial charge in [0.15, 0.2) is 0 Å². The Balaban J connectivity index is 2.04. The van der Waals surface area contributed by atoms with Crippen LogP contribution >= 0.6 is 11.6 Å². The molecule has 1 heterocycles. The number of nitrogens with one attached hydrogen (secondary N) is 1. The van der Waals surface area contributed by atoms with Gasteiger partial charge in [0.1, 0.15) is 0 Å². The predicted molar refractivity (Wildman–Crippen MR) is 149 cm³/mol. The van der Waals surface area contributed by atoms with Crippen LogP contribution < -0.4 is 11.1 Å². The molecule has 0 aliphatic rings. The van der Waals surface area contributed by atoms with E-state index in [2.05, 4.69) is 10.3 Å². The Hall–Kier alpha value is -2.78. The lowest BCUT2D eigenvalue weighted by Crippen LogP contribution is -2.46. The average Bonchev–Trinajstić information content (AvgIpc) is 2.87. The highest BCUT2D eigenvalue weighted by molar-refractivity contribution is 7.89. The number of sulfonamides is 1. The van der Waals surface area contributed by atoms with Gasteiger partial charge in [-0.05, 0) is 86.2 Å². The molecule has 0 fully saturated rings. The van der Waals surface area contributed by atoms with Gasteiger partial charge in [0.05, 0.1) is 10.4 Å². The lowest BCUT2D eigenvalue weighted by Gasteiger charge is -2.38. The number of halogens is 1. The van der Waals surface area contributed by atoms with Crippen LogP contribution in [0, 0.1) is 13.8 Å². The molecule has 0 radical (unpaired) electrons. The number of pyridine rings is 1. The molecular weight excluding hydrogens is 508 g/mol. The molecule has 0 unspecified atom stereocenters. The molecular formula is C28H35ClN4O3S. The van der Waals surface area contributed by atoms with Gasteiger partial charge in [-0.1, -0.05) is 35.9 Å². The monoisotopic (exact) mass is 542 g/mol. The summed E-state index contributed by atoms with van der Waals surface area (Å²) in [6, 6.07) is 14.7. The number of nitrogens with zero attached hydrogens (tertiary/aromatic N) is 2. The third-order valence-electron chi connectivity index (χ3n) is 6.54. The van der Waals surface area contributed by atoms with Gasteiger partial charge in [-0.3, -0.25) is 9.78 Å². The van der Waals surface area contributed by atoms with E-state index in [0.29, 0.717) is 30.1 Å². The normalized spacial score (nSPS) is 12.1. The third kappa shape index (κ3) is 6.57. The highest BCUT2D eigenvalue weighted by Gasteiger charge is 2.39. The van der Waals surface area contributed by atoms with Crippen molar-refractivity contribution in [3.8, 4) is 11.1 Å². The van der Waals surface area contributed by atoms with Crippen LogP contribution in [0.1, 0.15) is 43.4 Å². The van der Waals surface area contributed by atoms with Crippen molar-refractivity contribution in [2.45, 2.75) is 51.0 Å². The number of amides is 1. The first kappa shape index (κ1) is 28.8. The van der Waals surface area contributed by atoms with Crippen LogP contribution in [0.15, 0.2) is 65.8 Å². The lowest BCUT2D eigenvalue weighted by atomic mass is 9.90. The van der Waals surface area contributed by atoms with E-state index in [1.54, 1.807) is 31.3 Å². The number of benzene rings is 2. The second-order valence-electron chi connectivity index (χ2n) is 9.51. The van der Waals surface area contributed by atoms with E-state index >= 15 is 0 Å². The Morgan fingerprint density at radius 2 is 1.86 bits per heavy atom. The molecule has 0 atom stereocenters. The summed E-state index contributed by atoms with van der Waals surface area (Å²) in [7, 11) is -3.97. The minimum absolute atomic E-state index is 0.149. The topological polar surface area (TPSA) is 105 Å². The highest BCUT2D eigenvalue weighted by Crippen LogP contribution is 2.37. The van der Waals surface area contributed by atoms with Crippen LogP contribution in [0.25, 0.3) is 11.1 Å². The number of hydrogen-bond donors (Lipinski definition) is 2. The molecule has 9 heteroatoms. The van der Waals surface area contributed by atoms with E-state index < -0.39 is 15.6 Å². The molecule has 37 heavy (non-hydrogen) atoms. The van der Waals surface area contributed by atoms with Crippen molar-refractivity contribution in [3.63, 3.8) is 0 Å². The standard InChI is InChI=1S/C28H35ClN4O3S/c1-20-19-31-15-13-24(20)22-8-5-9-23(18-22)28(3,4)33(17-7-12-27(34)32-16-14-30)37(35,36)26-11-6-10-25(29)21(26)2/h5-6,8-11,13,15,18-19H,7,12,14,16-17,30H2,1-4H3,(H,32,34). The number of carbonyl (C=O) groups excluding carboxylic acids is 1. The van der Waals surface area contributed by atoms with Crippen LogP contribution in [-0.4, -0.2) is 43.2 Å². The van der Waals surface area contributed by atoms with E-state index in [1.807, 2.05) is 57.3 Å². The summed E-state index contributed by atoms with van der Waals surface area (Å²) in [5.41, 5.74) is 8.90. The van der Waals surface area contributed by atoms with Crippen LogP contribution in [0.3, 0.4) is 0 Å². The van der Waals surface area contributed by atoms with Crippen molar-refractivity contribution >= 4 is 27.5 Å². The molecule has 2 aromatic carbocycles. The van der Waals surface area contributed by atoms with E-state index in [0.717, 1.165) is 22.3 Å². The third-order valence-corrected chi connectivity index (χ3v) is 9.17. The van der Waals surface area contributed by atoms with Crippen molar-refractivity contribution < 1.29 is 13.2 Å². The van der Waals surface area contributed by atoms with Gasteiger partial charge in [0, 0.05) is 43.5 Å². The Morgan fingerprint density at radius 1 is 1.14 bits per heavy atom. The minimum atomic E-state index is -3.97. The molecule has 1 amide bonds. The summed E-state index contributed by atoms with van der Waals surface area (Å²) < 4.78 is 29.7. The second kappa shape index (κ2) is 12.2. The summed E-state index contributed by atoms with van der Waals surface area (Å²) in [4.78, 5) is 16.5. The van der Waals surface area contributed by atoms with E-state index in [9.17, 15) is 13.2 Å². The van der Waals surface area contributed by atoms with Crippen LogP contribution in [0.5, 0.6) is 0 Å². The van der Waals surface area contributed by atoms with Crippen molar-refractivity contribution in [2.75, 3.05) is 19.6 Å². The molecule has 1 aromatic heterocycles. The summed E-state index contributed by atoms with van der Waals surface area (Å²) >= 11 is 6.30. The number of hydrogen-bond acceptors (Lipinski definition) is 5. The smallest absolute Gasteiger partial charge is 0.244 e. The maximum absolute atomic E-state index is 14.1. The molecule has 3 aromatic rings. The summed E-state index contributed by atoms with van der Waals surface area (Å²) in [5.74, 6) is -0.158. The largest absolute Gasteiger partial charge is 0.355 e. The van der Waals surface area contributed by atoms with Gasteiger partial charge in [-0.25, -0.2) is 8.42 Å². The molecule has 198 valence electrons. The molecule has 7 nitrogen and oxygen atoms in total. The highest BCUT2D eigenvalue weighted by atomic mass is 35.5. The molecule has 0 spiro atoms. The van der Waals surface area contributed by atoms with Crippen molar-refractivity contribution in [1.29, 1.82) is 0 Å². The molecule has 3 N–H and O–H groups in total. The number of nitrogens with two attached hydrogens (primary N) is 1. The Kier molecular flexibility index (Phi) is 9.47. The average molecular weight is 543 g/mol. The molecule has 3 rings (SSSR count). The number of carbonyl (C=O) groups is 1. The lowest BCUT2D eigenvalue weighted by molar-refractivity contribution is -0.121. The number of aryl methyl sites for hydroxylation is 1. The maximum Gasteiger partial charge on any atom is 0.244 e. The van der Waals surface area contributed by atoms with Gasteiger partial charge < -0.3 is 11.1 Å². The fourth-order valence-electron chi connectivity index (χ4n) is 4.38. The zero-order chi connectivity index (χ0) is 27.2. The van der Waals surface area contributed by atoms with E-state index in [1.165, 1.54) is 4.31 Å². The van der Waals surface area contributed by atoms with Gasteiger partial charge >= 0.3 is 0 Å². The fourth-order valence-corrected chi connectivity index (χ4v) is 6.67. The second-order valence-corrected chi connectivity index (χ2v) is 11.8. The number of rotatable bonds is 11. The fraction of sp³-hybridized carbons (Fsp3) is 0.357. The molecule has 0 aliphatic carbocycles. The number of aromatic nitrogens is 1. The molecule has 0 saturated heterocycles. The SMILES string of the molecule is Cc1cnccc1-c1cccc(C(C)(C)N(CCCC(=O)NCCN)S(=O)(=O)c2cccc(Cl)c2C)c1. The van der Waals surface area contributed by atoms with Gasteiger partial charge in [-0.15, -0.1) is 0 Å².